The Morgan fingerprint density at radius 2 is 0.403 bits per heavy atom. The monoisotopic (exact) mass is 959 g/mol. The summed E-state index contributed by atoms with van der Waals surface area (Å²) in [5, 5.41) is 0. The Morgan fingerprint density at radius 3 is 0.597 bits per heavy atom. The number of anilines is 3. The summed E-state index contributed by atoms with van der Waals surface area (Å²) in [7, 11) is 0. The van der Waals surface area contributed by atoms with E-state index < -0.39 is 70.4 Å². The molecule has 0 amide bonds. The molecule has 0 aromatic heterocycles. The quantitative estimate of drug-likeness (QED) is 0.103. The summed E-state index contributed by atoms with van der Waals surface area (Å²) in [6.45, 7) is 0. The molecular formula is C48H27F18N. The lowest BCUT2D eigenvalue weighted by Crippen LogP contribution is -2.16. The molecule has 6 rings (SSSR count). The SMILES string of the molecule is FC(F)(F)c1ccc(C=Cc2ccc(N(c3ccc(C=Cc4ccc(C(F)(F)F)c(C(F)(F)F)c4)cc3)c3ccc(C=Cc4ccc(C(F)(F)F)c(C(F)(F)F)c4)cc3)cc2)cc1C(F)(F)F. The second kappa shape index (κ2) is 18.4. The smallest absolute Gasteiger partial charge is 0.311 e. The van der Waals surface area contributed by atoms with Crippen molar-refractivity contribution in [2.24, 2.45) is 0 Å². The highest BCUT2D eigenvalue weighted by molar-refractivity contribution is 5.81. The van der Waals surface area contributed by atoms with Gasteiger partial charge in [-0.25, -0.2) is 0 Å². The van der Waals surface area contributed by atoms with Gasteiger partial charge in [-0.05, 0) is 106 Å². The van der Waals surface area contributed by atoms with Crippen molar-refractivity contribution in [2.75, 3.05) is 4.90 Å². The highest BCUT2D eigenvalue weighted by atomic mass is 19.4. The second-order valence-electron chi connectivity index (χ2n) is 14.5. The fourth-order valence-corrected chi connectivity index (χ4v) is 6.67. The van der Waals surface area contributed by atoms with E-state index >= 15 is 0 Å². The molecule has 1 nitrogen and oxygen atoms in total. The zero-order chi connectivity index (χ0) is 49.3. The maximum Gasteiger partial charge on any atom is 0.417 e. The lowest BCUT2D eigenvalue weighted by Gasteiger charge is -2.26. The van der Waals surface area contributed by atoms with Crippen LogP contribution in [0.5, 0.6) is 0 Å². The van der Waals surface area contributed by atoms with E-state index in [4.69, 9.17) is 0 Å². The summed E-state index contributed by atoms with van der Waals surface area (Å²) < 4.78 is 241. The molecule has 0 N–H and O–H groups in total. The summed E-state index contributed by atoms with van der Waals surface area (Å²) in [5.74, 6) is 0. The molecule has 350 valence electrons. The largest absolute Gasteiger partial charge is 0.417 e. The van der Waals surface area contributed by atoms with Crippen LogP contribution in [-0.4, -0.2) is 0 Å². The van der Waals surface area contributed by atoms with E-state index in [1.807, 2.05) is 0 Å². The zero-order valence-corrected chi connectivity index (χ0v) is 33.3. The Bertz CT molecular complexity index is 2470. The van der Waals surface area contributed by atoms with Crippen molar-refractivity contribution in [2.45, 2.75) is 37.1 Å². The third-order valence-corrected chi connectivity index (χ3v) is 9.82. The lowest BCUT2D eigenvalue weighted by molar-refractivity contribution is -0.162. The molecular weight excluding hydrogens is 932 g/mol. The first-order valence-electron chi connectivity index (χ1n) is 19.0. The van der Waals surface area contributed by atoms with Crippen LogP contribution in [0.15, 0.2) is 127 Å². The van der Waals surface area contributed by atoms with Crippen molar-refractivity contribution in [3.8, 4) is 0 Å². The van der Waals surface area contributed by atoms with Crippen molar-refractivity contribution in [1.29, 1.82) is 0 Å². The fourth-order valence-electron chi connectivity index (χ4n) is 6.67. The molecule has 67 heavy (non-hydrogen) atoms. The molecule has 0 heterocycles. The molecule has 0 saturated heterocycles. The van der Waals surface area contributed by atoms with Crippen molar-refractivity contribution in [3.05, 3.63) is 194 Å². The third kappa shape index (κ3) is 12.3. The van der Waals surface area contributed by atoms with Crippen LogP contribution in [0, 0.1) is 0 Å². The van der Waals surface area contributed by atoms with Crippen LogP contribution in [0.2, 0.25) is 0 Å². The van der Waals surface area contributed by atoms with Gasteiger partial charge >= 0.3 is 37.1 Å². The molecule has 0 aliphatic heterocycles. The maximum absolute atomic E-state index is 13.5. The van der Waals surface area contributed by atoms with Crippen LogP contribution < -0.4 is 4.90 Å². The maximum atomic E-state index is 13.5. The van der Waals surface area contributed by atoms with Gasteiger partial charge in [0.25, 0.3) is 0 Å². The molecule has 0 spiro atoms. The predicted molar refractivity (Wildman–Crippen MR) is 217 cm³/mol. The highest BCUT2D eigenvalue weighted by Crippen LogP contribution is 2.44. The molecule has 6 aromatic rings. The van der Waals surface area contributed by atoms with Crippen molar-refractivity contribution < 1.29 is 79.0 Å². The Labute approximate surface area is 368 Å². The van der Waals surface area contributed by atoms with Crippen molar-refractivity contribution >= 4 is 53.5 Å². The average molecular weight is 960 g/mol. The molecule has 19 heteroatoms. The predicted octanol–water partition coefficient (Wildman–Crippen LogP) is 17.8. The zero-order valence-electron chi connectivity index (χ0n) is 33.3. The minimum atomic E-state index is -5.30. The van der Waals surface area contributed by atoms with Crippen LogP contribution in [-0.2, 0) is 37.1 Å². The topological polar surface area (TPSA) is 3.24 Å². The van der Waals surface area contributed by atoms with E-state index in [0.29, 0.717) is 70.2 Å². The summed E-state index contributed by atoms with van der Waals surface area (Å²) in [4.78, 5) is 1.66. The Morgan fingerprint density at radius 1 is 0.224 bits per heavy atom. The van der Waals surface area contributed by atoms with Gasteiger partial charge in [-0.3, -0.25) is 0 Å². The van der Waals surface area contributed by atoms with Crippen LogP contribution in [0.4, 0.5) is 96.1 Å². The van der Waals surface area contributed by atoms with Crippen molar-refractivity contribution in [3.63, 3.8) is 0 Å². The number of rotatable bonds is 9. The van der Waals surface area contributed by atoms with Gasteiger partial charge in [0.1, 0.15) is 0 Å². The number of nitrogens with zero attached hydrogens (tertiary/aromatic N) is 1. The van der Waals surface area contributed by atoms with Gasteiger partial charge in [0.2, 0.25) is 0 Å². The van der Waals surface area contributed by atoms with Gasteiger partial charge in [0.05, 0.1) is 33.4 Å². The number of hydrogen-bond acceptors (Lipinski definition) is 1. The molecule has 0 atom stereocenters. The molecule has 0 aliphatic rings. The molecule has 0 bridgehead atoms. The Kier molecular flexibility index (Phi) is 13.6. The summed E-state index contributed by atoms with van der Waals surface area (Å²) in [6, 6.07) is 23.2. The third-order valence-electron chi connectivity index (χ3n) is 9.82. The first-order chi connectivity index (χ1) is 31.0. The van der Waals surface area contributed by atoms with Gasteiger partial charge in [0.15, 0.2) is 0 Å². The van der Waals surface area contributed by atoms with Gasteiger partial charge in [-0.1, -0.05) is 91.1 Å². The van der Waals surface area contributed by atoms with E-state index in [2.05, 4.69) is 0 Å². The molecule has 0 aliphatic carbocycles. The number of hydrogen-bond donors (Lipinski definition) is 0. The minimum Gasteiger partial charge on any atom is -0.311 e. The number of benzene rings is 6. The van der Waals surface area contributed by atoms with E-state index in [1.165, 1.54) is 72.9 Å². The fraction of sp³-hybridized carbons (Fsp3) is 0.125. The number of halogens is 18. The normalized spacial score (nSPS) is 13.3. The average Bonchev–Trinajstić information content (AvgIpc) is 3.23. The van der Waals surface area contributed by atoms with Gasteiger partial charge in [-0.2, -0.15) is 79.0 Å². The van der Waals surface area contributed by atoms with E-state index in [0.717, 1.165) is 18.2 Å². The van der Waals surface area contributed by atoms with Crippen LogP contribution in [0.1, 0.15) is 66.8 Å². The molecule has 0 radical (unpaired) electrons. The van der Waals surface area contributed by atoms with E-state index in [-0.39, 0.29) is 16.7 Å². The van der Waals surface area contributed by atoms with Crippen LogP contribution >= 0.6 is 0 Å². The van der Waals surface area contributed by atoms with Gasteiger partial charge in [-0.15, -0.1) is 0 Å². The Balaban J connectivity index is 1.32. The van der Waals surface area contributed by atoms with E-state index in [9.17, 15) is 79.0 Å². The van der Waals surface area contributed by atoms with Crippen LogP contribution in [0.3, 0.4) is 0 Å². The Hall–Kier alpha value is -6.92. The molecule has 0 unspecified atom stereocenters. The first kappa shape index (κ1) is 49.5. The summed E-state index contributed by atoms with van der Waals surface area (Å²) in [6.07, 6.45) is -24.1. The minimum absolute atomic E-state index is 0.187. The first-order valence-corrected chi connectivity index (χ1v) is 19.0. The molecule has 0 fully saturated rings. The molecule has 6 aromatic carbocycles. The number of alkyl halides is 18. The standard InChI is InChI=1S/C48H27F18N/c49-43(50,51)37-22-13-31(25-40(37)46(58,59)60)4-1-28-7-16-34(17-8-28)67(35-18-9-29(10-19-35)2-5-32-14-23-38(44(52,53)54)41(26-32)47(61,62)63)36-20-11-30(12-21-36)3-6-33-15-24-39(45(55,56)57)42(27-33)48(64,65)66/h1-27H. The van der Waals surface area contributed by atoms with Gasteiger partial charge in [0, 0.05) is 17.1 Å². The lowest BCUT2D eigenvalue weighted by atomic mass is 10.0. The summed E-state index contributed by atoms with van der Waals surface area (Å²) >= 11 is 0. The summed E-state index contributed by atoms with van der Waals surface area (Å²) in [5.41, 5.74) is -9.25. The van der Waals surface area contributed by atoms with Crippen molar-refractivity contribution in [1.82, 2.24) is 0 Å². The van der Waals surface area contributed by atoms with Crippen LogP contribution in [0.25, 0.3) is 36.5 Å². The van der Waals surface area contributed by atoms with E-state index in [1.54, 1.807) is 41.3 Å². The second-order valence-corrected chi connectivity index (χ2v) is 14.5. The highest BCUT2D eigenvalue weighted by Gasteiger charge is 2.45. The molecule has 0 saturated carbocycles. The van der Waals surface area contributed by atoms with Gasteiger partial charge < -0.3 is 4.90 Å².